The zero-order valence-electron chi connectivity index (χ0n) is 8.32. The van der Waals surface area contributed by atoms with Crippen LogP contribution in [0.2, 0.25) is 5.02 Å². The van der Waals surface area contributed by atoms with Crippen molar-refractivity contribution in [1.82, 2.24) is 0 Å². The first kappa shape index (κ1) is 13.2. The molecule has 1 N–H and O–H groups in total. The number of ketones is 1. The number of carboxylic acids is 1. The van der Waals surface area contributed by atoms with Gasteiger partial charge < -0.3 is 5.11 Å². The number of aliphatic carboxylic acids is 1. The summed E-state index contributed by atoms with van der Waals surface area (Å²) < 4.78 is 0. The molecule has 0 spiro atoms. The molecule has 1 aromatic carbocycles. The molecule has 1 atom stereocenters. The third kappa shape index (κ3) is 3.94. The zero-order valence-corrected chi connectivity index (χ0v) is 10.7. The van der Waals surface area contributed by atoms with Crippen LogP contribution < -0.4 is 0 Å². The summed E-state index contributed by atoms with van der Waals surface area (Å²) in [7, 11) is 0. The fourth-order valence-electron chi connectivity index (χ4n) is 1.20. The van der Waals surface area contributed by atoms with Gasteiger partial charge in [-0.3, -0.25) is 9.59 Å². The Hall–Kier alpha value is -0.870. The van der Waals surface area contributed by atoms with E-state index in [0.29, 0.717) is 10.6 Å². The summed E-state index contributed by atoms with van der Waals surface area (Å²) in [6, 6.07) is 6.59. The molecule has 0 heterocycles. The lowest BCUT2D eigenvalue weighted by molar-refractivity contribution is -0.137. The third-order valence-corrected chi connectivity index (χ3v) is 3.11. The lowest BCUT2D eigenvalue weighted by Crippen LogP contribution is -2.15. The van der Waals surface area contributed by atoms with E-state index in [2.05, 4.69) is 15.9 Å². The molecular weight excluding hydrogens is 295 g/mol. The molecule has 1 rings (SSSR count). The molecule has 5 heteroatoms. The number of rotatable bonds is 5. The molecule has 1 unspecified atom stereocenters. The Morgan fingerprint density at radius 3 is 2.69 bits per heavy atom. The first-order valence-electron chi connectivity index (χ1n) is 4.66. The number of hydrogen-bond donors (Lipinski definition) is 1. The second-order valence-electron chi connectivity index (χ2n) is 3.27. The summed E-state index contributed by atoms with van der Waals surface area (Å²) in [6.45, 7) is 0. The fraction of sp³-hybridized carbons (Fsp3) is 0.273. The maximum absolute atomic E-state index is 11.8. The van der Waals surface area contributed by atoms with Gasteiger partial charge in [0.15, 0.2) is 5.78 Å². The molecule has 0 aliphatic heterocycles. The number of hydrogen-bond acceptors (Lipinski definition) is 2. The SMILES string of the molecule is O=C(O)CCC(Br)C(=O)c1cccc(Cl)c1. The van der Waals surface area contributed by atoms with Crippen LogP contribution in [0.15, 0.2) is 24.3 Å². The summed E-state index contributed by atoms with van der Waals surface area (Å²) in [4.78, 5) is 21.7. The molecule has 0 aromatic heterocycles. The van der Waals surface area contributed by atoms with E-state index in [9.17, 15) is 9.59 Å². The van der Waals surface area contributed by atoms with Crippen LogP contribution in [0.25, 0.3) is 0 Å². The molecule has 0 saturated carbocycles. The molecule has 0 bridgehead atoms. The molecular formula is C11H10BrClO3. The number of Topliss-reactive ketones (excluding diaryl/α,β-unsaturated/α-hetero) is 1. The van der Waals surface area contributed by atoms with Crippen LogP contribution >= 0.6 is 27.5 Å². The lowest BCUT2D eigenvalue weighted by atomic mass is 10.1. The molecule has 1 aromatic rings. The highest BCUT2D eigenvalue weighted by atomic mass is 79.9. The van der Waals surface area contributed by atoms with Crippen molar-refractivity contribution in [2.45, 2.75) is 17.7 Å². The van der Waals surface area contributed by atoms with Gasteiger partial charge >= 0.3 is 5.97 Å². The minimum absolute atomic E-state index is 0.0395. The maximum Gasteiger partial charge on any atom is 0.303 e. The van der Waals surface area contributed by atoms with Gasteiger partial charge in [0.05, 0.1) is 4.83 Å². The van der Waals surface area contributed by atoms with E-state index in [0.717, 1.165) is 0 Å². The van der Waals surface area contributed by atoms with E-state index in [1.54, 1.807) is 24.3 Å². The monoisotopic (exact) mass is 304 g/mol. The van der Waals surface area contributed by atoms with Crippen LogP contribution in [0.4, 0.5) is 0 Å². The van der Waals surface area contributed by atoms with Crippen molar-refractivity contribution >= 4 is 39.3 Å². The summed E-state index contributed by atoms with van der Waals surface area (Å²) in [5, 5.41) is 9.00. The van der Waals surface area contributed by atoms with Gasteiger partial charge in [-0.15, -0.1) is 0 Å². The van der Waals surface area contributed by atoms with E-state index in [1.165, 1.54) is 0 Å². The molecule has 0 aliphatic rings. The molecule has 0 fully saturated rings. The first-order chi connectivity index (χ1) is 7.50. The summed E-state index contributed by atoms with van der Waals surface area (Å²) in [5.41, 5.74) is 0.486. The molecule has 3 nitrogen and oxygen atoms in total. The Morgan fingerprint density at radius 2 is 2.12 bits per heavy atom. The highest BCUT2D eigenvalue weighted by Gasteiger charge is 2.17. The van der Waals surface area contributed by atoms with E-state index in [4.69, 9.17) is 16.7 Å². The van der Waals surface area contributed by atoms with Gasteiger partial charge in [-0.2, -0.15) is 0 Å². The predicted octanol–water partition coefficient (Wildman–Crippen LogP) is 3.15. The van der Waals surface area contributed by atoms with E-state index >= 15 is 0 Å². The average molecular weight is 306 g/mol. The third-order valence-electron chi connectivity index (χ3n) is 2.01. The Bertz CT molecular complexity index is 406. The topological polar surface area (TPSA) is 54.4 Å². The second kappa shape index (κ2) is 6.01. The molecule has 16 heavy (non-hydrogen) atoms. The largest absolute Gasteiger partial charge is 0.481 e. The Balaban J connectivity index is 2.67. The molecule has 0 radical (unpaired) electrons. The summed E-state index contributed by atoms with van der Waals surface area (Å²) in [5.74, 6) is -1.06. The van der Waals surface area contributed by atoms with Crippen molar-refractivity contribution in [2.75, 3.05) is 0 Å². The minimum Gasteiger partial charge on any atom is -0.481 e. The van der Waals surface area contributed by atoms with Crippen LogP contribution in [-0.2, 0) is 4.79 Å². The normalized spacial score (nSPS) is 12.1. The van der Waals surface area contributed by atoms with Gasteiger partial charge in [0.25, 0.3) is 0 Å². The zero-order chi connectivity index (χ0) is 12.1. The standard InChI is InChI=1S/C11H10BrClO3/c12-9(4-5-10(14)15)11(16)7-2-1-3-8(13)6-7/h1-3,6,9H,4-5H2,(H,14,15). The van der Waals surface area contributed by atoms with Crippen molar-refractivity contribution in [2.24, 2.45) is 0 Å². The Kier molecular flexibility index (Phi) is 4.96. The first-order valence-corrected chi connectivity index (χ1v) is 5.95. The van der Waals surface area contributed by atoms with Crippen molar-refractivity contribution in [3.63, 3.8) is 0 Å². The predicted molar refractivity (Wildman–Crippen MR) is 65.4 cm³/mol. The van der Waals surface area contributed by atoms with Gasteiger partial charge in [-0.1, -0.05) is 39.7 Å². The van der Waals surface area contributed by atoms with Crippen LogP contribution in [0.5, 0.6) is 0 Å². The highest BCUT2D eigenvalue weighted by Crippen LogP contribution is 2.18. The minimum atomic E-state index is -0.914. The van der Waals surface area contributed by atoms with Gasteiger partial charge in [0, 0.05) is 17.0 Å². The van der Waals surface area contributed by atoms with Gasteiger partial charge in [0.2, 0.25) is 0 Å². The van der Waals surface area contributed by atoms with Crippen molar-refractivity contribution in [1.29, 1.82) is 0 Å². The van der Waals surface area contributed by atoms with E-state index in [-0.39, 0.29) is 18.6 Å². The highest BCUT2D eigenvalue weighted by molar-refractivity contribution is 9.10. The number of benzene rings is 1. The smallest absolute Gasteiger partial charge is 0.303 e. The van der Waals surface area contributed by atoms with Gasteiger partial charge in [0.1, 0.15) is 0 Å². The van der Waals surface area contributed by atoms with Gasteiger partial charge in [-0.25, -0.2) is 0 Å². The Morgan fingerprint density at radius 1 is 1.44 bits per heavy atom. The van der Waals surface area contributed by atoms with Crippen molar-refractivity contribution < 1.29 is 14.7 Å². The van der Waals surface area contributed by atoms with Crippen molar-refractivity contribution in [3.05, 3.63) is 34.9 Å². The van der Waals surface area contributed by atoms with Crippen molar-refractivity contribution in [3.8, 4) is 0 Å². The summed E-state index contributed by atoms with van der Waals surface area (Å²) in [6.07, 6.45) is 0.225. The number of carboxylic acid groups (broad SMARTS) is 1. The van der Waals surface area contributed by atoms with E-state index < -0.39 is 10.8 Å². The average Bonchev–Trinajstić information content (AvgIpc) is 2.24. The summed E-state index contributed by atoms with van der Waals surface area (Å²) >= 11 is 8.94. The van der Waals surface area contributed by atoms with Crippen LogP contribution in [-0.4, -0.2) is 21.7 Å². The van der Waals surface area contributed by atoms with Gasteiger partial charge in [-0.05, 0) is 18.6 Å². The number of carbonyl (C=O) groups is 2. The molecule has 0 aliphatic carbocycles. The second-order valence-corrected chi connectivity index (χ2v) is 4.82. The van der Waals surface area contributed by atoms with Crippen LogP contribution in [0.3, 0.4) is 0 Å². The molecule has 0 amide bonds. The Labute approximate surface area is 107 Å². The number of carbonyl (C=O) groups excluding carboxylic acids is 1. The number of alkyl halides is 1. The lowest BCUT2D eigenvalue weighted by Gasteiger charge is -2.07. The quantitative estimate of drug-likeness (QED) is 0.671. The fourth-order valence-corrected chi connectivity index (χ4v) is 1.89. The number of halogens is 2. The molecule has 86 valence electrons. The van der Waals surface area contributed by atoms with Crippen LogP contribution in [0.1, 0.15) is 23.2 Å². The van der Waals surface area contributed by atoms with E-state index in [1.807, 2.05) is 0 Å². The van der Waals surface area contributed by atoms with Crippen LogP contribution in [0, 0.1) is 0 Å². The molecule has 0 saturated heterocycles. The maximum atomic E-state index is 11.8.